The second-order valence-corrected chi connectivity index (χ2v) is 7.10. The molecule has 1 aromatic heterocycles. The number of hydrogen-bond donors (Lipinski definition) is 0. The van der Waals surface area contributed by atoms with Crippen molar-refractivity contribution >= 4 is 11.6 Å². The van der Waals surface area contributed by atoms with E-state index in [-0.39, 0.29) is 0 Å². The number of hydrogen-bond acceptors (Lipinski definition) is 1. The van der Waals surface area contributed by atoms with Crippen LogP contribution in [-0.2, 0) is 6.42 Å². The van der Waals surface area contributed by atoms with Gasteiger partial charge in [-0.05, 0) is 48.2 Å². The van der Waals surface area contributed by atoms with Gasteiger partial charge < -0.3 is 0 Å². The third-order valence-corrected chi connectivity index (χ3v) is 5.01. The highest BCUT2D eigenvalue weighted by Gasteiger charge is 2.13. The topological polar surface area (TPSA) is 12.9 Å². The van der Waals surface area contributed by atoms with Gasteiger partial charge in [-0.3, -0.25) is 4.98 Å². The standard InChI is InChI=1S/C25H20ClN/c1-18-22(16-19-8-4-2-5-9-19)17-24(20-12-14-23(26)15-13-20)25(27-18)21-10-6-3-7-11-21/h2-15,17H,16H2,1H3. The van der Waals surface area contributed by atoms with Crippen molar-refractivity contribution in [1.29, 1.82) is 0 Å². The van der Waals surface area contributed by atoms with Gasteiger partial charge in [-0.1, -0.05) is 84.4 Å². The number of aromatic nitrogens is 1. The Hall–Kier alpha value is -2.90. The van der Waals surface area contributed by atoms with Gasteiger partial charge in [0.1, 0.15) is 0 Å². The molecule has 0 unspecified atom stereocenters. The maximum absolute atomic E-state index is 6.10. The van der Waals surface area contributed by atoms with Gasteiger partial charge in [0.05, 0.1) is 5.69 Å². The second-order valence-electron chi connectivity index (χ2n) is 6.66. The first-order valence-corrected chi connectivity index (χ1v) is 9.44. The monoisotopic (exact) mass is 369 g/mol. The van der Waals surface area contributed by atoms with E-state index in [0.717, 1.165) is 39.5 Å². The molecular weight excluding hydrogens is 350 g/mol. The molecule has 0 fully saturated rings. The summed E-state index contributed by atoms with van der Waals surface area (Å²) in [5.74, 6) is 0. The predicted octanol–water partition coefficient (Wildman–Crippen LogP) is 6.97. The third-order valence-electron chi connectivity index (χ3n) is 4.76. The minimum Gasteiger partial charge on any atom is -0.252 e. The second kappa shape index (κ2) is 7.77. The number of rotatable bonds is 4. The van der Waals surface area contributed by atoms with Crippen LogP contribution in [0.15, 0.2) is 91.0 Å². The van der Waals surface area contributed by atoms with Crippen molar-refractivity contribution in [3.8, 4) is 22.4 Å². The van der Waals surface area contributed by atoms with Crippen LogP contribution in [0.2, 0.25) is 5.02 Å². The Morgan fingerprint density at radius 1 is 0.741 bits per heavy atom. The Morgan fingerprint density at radius 2 is 1.37 bits per heavy atom. The van der Waals surface area contributed by atoms with Crippen molar-refractivity contribution in [1.82, 2.24) is 4.98 Å². The quantitative estimate of drug-likeness (QED) is 0.378. The largest absolute Gasteiger partial charge is 0.252 e. The highest BCUT2D eigenvalue weighted by atomic mass is 35.5. The summed E-state index contributed by atoms with van der Waals surface area (Å²) in [5, 5.41) is 0.740. The van der Waals surface area contributed by atoms with Gasteiger partial charge in [0.15, 0.2) is 0 Å². The Balaban J connectivity index is 1.86. The molecule has 1 heterocycles. The molecule has 0 spiro atoms. The van der Waals surface area contributed by atoms with E-state index in [4.69, 9.17) is 16.6 Å². The summed E-state index contributed by atoms with van der Waals surface area (Å²) in [7, 11) is 0. The van der Waals surface area contributed by atoms with E-state index in [1.807, 2.05) is 24.3 Å². The number of nitrogens with zero attached hydrogens (tertiary/aromatic N) is 1. The fourth-order valence-electron chi connectivity index (χ4n) is 3.31. The van der Waals surface area contributed by atoms with Crippen LogP contribution in [0.4, 0.5) is 0 Å². The Bertz CT molecular complexity index is 1040. The molecule has 0 saturated carbocycles. The Kier molecular flexibility index (Phi) is 5.04. The normalized spacial score (nSPS) is 10.7. The lowest BCUT2D eigenvalue weighted by molar-refractivity contribution is 1.08. The summed E-state index contributed by atoms with van der Waals surface area (Å²) in [4.78, 5) is 5.01. The molecule has 0 saturated heterocycles. The Morgan fingerprint density at radius 3 is 2.04 bits per heavy atom. The van der Waals surface area contributed by atoms with Gasteiger partial charge in [0.25, 0.3) is 0 Å². The lowest BCUT2D eigenvalue weighted by Crippen LogP contribution is -1.99. The summed E-state index contributed by atoms with van der Waals surface area (Å²) in [6.07, 6.45) is 0.870. The molecule has 0 bridgehead atoms. The zero-order chi connectivity index (χ0) is 18.6. The first-order chi connectivity index (χ1) is 13.2. The van der Waals surface area contributed by atoms with Crippen LogP contribution in [0.3, 0.4) is 0 Å². The van der Waals surface area contributed by atoms with Crippen molar-refractivity contribution < 1.29 is 0 Å². The molecule has 0 aliphatic heterocycles. The SMILES string of the molecule is Cc1nc(-c2ccccc2)c(-c2ccc(Cl)cc2)cc1Cc1ccccc1. The van der Waals surface area contributed by atoms with E-state index in [1.165, 1.54) is 11.1 Å². The molecule has 0 aliphatic carbocycles. The molecule has 132 valence electrons. The van der Waals surface area contributed by atoms with Gasteiger partial charge in [-0.25, -0.2) is 0 Å². The molecule has 27 heavy (non-hydrogen) atoms. The average Bonchev–Trinajstić information content (AvgIpc) is 2.71. The van der Waals surface area contributed by atoms with Crippen molar-refractivity contribution in [3.63, 3.8) is 0 Å². The van der Waals surface area contributed by atoms with E-state index in [1.54, 1.807) is 0 Å². The molecule has 0 atom stereocenters. The van der Waals surface area contributed by atoms with Crippen molar-refractivity contribution in [2.45, 2.75) is 13.3 Å². The van der Waals surface area contributed by atoms with Gasteiger partial charge in [0.2, 0.25) is 0 Å². The van der Waals surface area contributed by atoms with E-state index in [0.29, 0.717) is 0 Å². The maximum atomic E-state index is 6.10. The summed E-state index contributed by atoms with van der Waals surface area (Å²) in [6.45, 7) is 2.09. The molecule has 0 amide bonds. The van der Waals surface area contributed by atoms with E-state index >= 15 is 0 Å². The van der Waals surface area contributed by atoms with Crippen LogP contribution in [0, 0.1) is 6.92 Å². The first-order valence-electron chi connectivity index (χ1n) is 9.06. The fourth-order valence-corrected chi connectivity index (χ4v) is 3.43. The van der Waals surface area contributed by atoms with Crippen molar-refractivity contribution in [2.24, 2.45) is 0 Å². The molecular formula is C25H20ClN. The van der Waals surface area contributed by atoms with E-state index < -0.39 is 0 Å². The van der Waals surface area contributed by atoms with Crippen molar-refractivity contribution in [2.75, 3.05) is 0 Å². The number of pyridine rings is 1. The maximum Gasteiger partial charge on any atom is 0.0783 e. The lowest BCUT2D eigenvalue weighted by atomic mass is 9.94. The van der Waals surface area contributed by atoms with Crippen LogP contribution in [0.25, 0.3) is 22.4 Å². The van der Waals surface area contributed by atoms with Gasteiger partial charge in [0, 0.05) is 21.8 Å². The van der Waals surface area contributed by atoms with E-state index in [2.05, 4.69) is 73.7 Å². The molecule has 3 aromatic carbocycles. The van der Waals surface area contributed by atoms with Crippen LogP contribution in [0.1, 0.15) is 16.8 Å². The number of halogens is 1. The fraction of sp³-hybridized carbons (Fsp3) is 0.0800. The predicted molar refractivity (Wildman–Crippen MR) is 114 cm³/mol. The summed E-state index contributed by atoms with van der Waals surface area (Å²) in [5.41, 5.74) is 7.98. The van der Waals surface area contributed by atoms with Crippen molar-refractivity contribution in [3.05, 3.63) is 113 Å². The molecule has 2 heteroatoms. The molecule has 4 aromatic rings. The summed E-state index contributed by atoms with van der Waals surface area (Å²) < 4.78 is 0. The van der Waals surface area contributed by atoms with Gasteiger partial charge >= 0.3 is 0 Å². The minimum atomic E-state index is 0.740. The first kappa shape index (κ1) is 17.5. The summed E-state index contributed by atoms with van der Waals surface area (Å²) in [6, 6.07) is 31.1. The van der Waals surface area contributed by atoms with Gasteiger partial charge in [-0.15, -0.1) is 0 Å². The lowest BCUT2D eigenvalue weighted by Gasteiger charge is -2.15. The highest BCUT2D eigenvalue weighted by molar-refractivity contribution is 6.30. The van der Waals surface area contributed by atoms with Gasteiger partial charge in [-0.2, -0.15) is 0 Å². The molecule has 1 nitrogen and oxygen atoms in total. The number of aryl methyl sites for hydroxylation is 1. The molecule has 0 aliphatic rings. The zero-order valence-electron chi connectivity index (χ0n) is 15.2. The molecule has 0 radical (unpaired) electrons. The van der Waals surface area contributed by atoms with Crippen LogP contribution < -0.4 is 0 Å². The minimum absolute atomic E-state index is 0.740. The third kappa shape index (κ3) is 3.94. The average molecular weight is 370 g/mol. The zero-order valence-corrected chi connectivity index (χ0v) is 15.9. The number of benzene rings is 3. The van der Waals surface area contributed by atoms with Crippen LogP contribution >= 0.6 is 11.6 Å². The summed E-state index contributed by atoms with van der Waals surface area (Å²) >= 11 is 6.10. The van der Waals surface area contributed by atoms with E-state index in [9.17, 15) is 0 Å². The molecule has 0 N–H and O–H groups in total. The highest BCUT2D eigenvalue weighted by Crippen LogP contribution is 2.33. The molecule has 4 rings (SSSR count). The van der Waals surface area contributed by atoms with Crippen LogP contribution in [-0.4, -0.2) is 4.98 Å². The Labute approximate surface area is 165 Å². The smallest absolute Gasteiger partial charge is 0.0783 e. The van der Waals surface area contributed by atoms with Crippen LogP contribution in [0.5, 0.6) is 0 Å².